The van der Waals surface area contributed by atoms with Gasteiger partial charge in [0.1, 0.15) is 0 Å². The molecule has 2 rings (SSSR count). The van der Waals surface area contributed by atoms with Gasteiger partial charge in [0.2, 0.25) is 0 Å². The molecule has 0 spiro atoms. The van der Waals surface area contributed by atoms with E-state index < -0.39 is 24.3 Å². The van der Waals surface area contributed by atoms with Crippen LogP contribution in [0.25, 0.3) is 0 Å². The highest BCUT2D eigenvalue weighted by Gasteiger charge is 2.40. The molecule has 0 bridgehead atoms. The second-order valence-electron chi connectivity index (χ2n) is 3.38. The maximum absolute atomic E-state index is 11.7. The van der Waals surface area contributed by atoms with E-state index in [4.69, 9.17) is 0 Å². The first-order chi connectivity index (χ1) is 6.44. The molecular formula is C8H10O4S2. The Kier molecular flexibility index (Phi) is 2.08. The third-order valence-electron chi connectivity index (χ3n) is 2.41. The monoisotopic (exact) mass is 234 g/mol. The van der Waals surface area contributed by atoms with Gasteiger partial charge in [-0.1, -0.05) is 18.2 Å². The van der Waals surface area contributed by atoms with Gasteiger partial charge in [0.05, 0.1) is 5.75 Å². The Morgan fingerprint density at radius 1 is 1.36 bits per heavy atom. The second kappa shape index (κ2) is 2.93. The highest BCUT2D eigenvalue weighted by molar-refractivity contribution is 8.11. The standard InChI is InChI=1S/C8H10O4S2/c9-13(10)6-2-5-8(13)14(11,12)7-3-1-4-7/h2-3,5,8H,1,4,6H2. The van der Waals surface area contributed by atoms with E-state index in [9.17, 15) is 16.8 Å². The van der Waals surface area contributed by atoms with Gasteiger partial charge < -0.3 is 0 Å². The van der Waals surface area contributed by atoms with Gasteiger partial charge >= 0.3 is 0 Å². The van der Waals surface area contributed by atoms with Crippen LogP contribution in [0.3, 0.4) is 0 Å². The summed E-state index contributed by atoms with van der Waals surface area (Å²) in [6, 6.07) is 0. The number of hydrogen-bond donors (Lipinski definition) is 0. The normalized spacial score (nSPS) is 29.7. The molecule has 0 aromatic rings. The van der Waals surface area contributed by atoms with Crippen molar-refractivity contribution in [2.45, 2.75) is 17.4 Å². The van der Waals surface area contributed by atoms with E-state index in [1.54, 1.807) is 6.08 Å². The van der Waals surface area contributed by atoms with Gasteiger partial charge in [-0.05, 0) is 12.8 Å². The third-order valence-corrected chi connectivity index (χ3v) is 7.44. The molecule has 1 heterocycles. The molecule has 1 atom stereocenters. The number of hydrogen-bond acceptors (Lipinski definition) is 4. The maximum Gasteiger partial charge on any atom is 0.195 e. The Balaban J connectivity index is 2.45. The van der Waals surface area contributed by atoms with Gasteiger partial charge in [0.15, 0.2) is 24.3 Å². The Labute approximate surface area is 83.2 Å². The summed E-state index contributed by atoms with van der Waals surface area (Å²) in [5.74, 6) is -0.163. The summed E-state index contributed by atoms with van der Waals surface area (Å²) in [4.78, 5) is 0.276. The van der Waals surface area contributed by atoms with Crippen molar-refractivity contribution in [3.8, 4) is 0 Å². The Hall–Kier alpha value is -0.620. The van der Waals surface area contributed by atoms with Crippen molar-refractivity contribution in [3.05, 3.63) is 23.1 Å². The minimum Gasteiger partial charge on any atom is -0.227 e. The molecule has 1 unspecified atom stereocenters. The van der Waals surface area contributed by atoms with E-state index >= 15 is 0 Å². The summed E-state index contributed by atoms with van der Waals surface area (Å²) >= 11 is 0. The molecule has 0 saturated carbocycles. The lowest BCUT2D eigenvalue weighted by atomic mass is 10.1. The molecule has 2 aliphatic rings. The summed E-state index contributed by atoms with van der Waals surface area (Å²) < 4.78 is 44.9. The van der Waals surface area contributed by atoms with Crippen LogP contribution in [0.15, 0.2) is 23.1 Å². The second-order valence-corrected chi connectivity index (χ2v) is 7.97. The molecule has 4 nitrogen and oxygen atoms in total. The lowest BCUT2D eigenvalue weighted by Crippen LogP contribution is -2.29. The van der Waals surface area contributed by atoms with E-state index in [1.165, 1.54) is 12.2 Å². The first-order valence-electron chi connectivity index (χ1n) is 4.26. The summed E-state index contributed by atoms with van der Waals surface area (Å²) in [5.41, 5.74) is 0. The van der Waals surface area contributed by atoms with Crippen LogP contribution in [0.2, 0.25) is 0 Å². The molecule has 0 N–H and O–H groups in total. The zero-order chi connectivity index (χ0) is 10.4. The van der Waals surface area contributed by atoms with E-state index in [0.717, 1.165) is 6.42 Å². The van der Waals surface area contributed by atoms with Crippen molar-refractivity contribution in [1.82, 2.24) is 0 Å². The molecule has 0 amide bonds. The highest BCUT2D eigenvalue weighted by Crippen LogP contribution is 2.31. The molecule has 0 saturated heterocycles. The minimum absolute atomic E-state index is 0.163. The van der Waals surface area contributed by atoms with Crippen LogP contribution in [-0.2, 0) is 19.7 Å². The van der Waals surface area contributed by atoms with E-state index in [2.05, 4.69) is 0 Å². The Morgan fingerprint density at radius 3 is 2.36 bits per heavy atom. The van der Waals surface area contributed by atoms with Crippen molar-refractivity contribution >= 4 is 19.7 Å². The average molecular weight is 234 g/mol. The molecule has 78 valence electrons. The lowest BCUT2D eigenvalue weighted by Gasteiger charge is -2.18. The van der Waals surface area contributed by atoms with Crippen molar-refractivity contribution in [2.24, 2.45) is 0 Å². The first-order valence-corrected chi connectivity index (χ1v) is 7.52. The maximum atomic E-state index is 11.7. The first kappa shape index (κ1) is 9.92. The predicted octanol–water partition coefficient (Wildman–Crippen LogP) is 0.390. The van der Waals surface area contributed by atoms with Gasteiger partial charge in [-0.25, -0.2) is 16.8 Å². The van der Waals surface area contributed by atoms with Gasteiger partial charge in [0, 0.05) is 4.91 Å². The third kappa shape index (κ3) is 1.33. The summed E-state index contributed by atoms with van der Waals surface area (Å²) in [6.45, 7) is 0. The Morgan fingerprint density at radius 2 is 2.00 bits per heavy atom. The molecule has 0 fully saturated rings. The number of rotatable bonds is 2. The van der Waals surface area contributed by atoms with Crippen LogP contribution < -0.4 is 0 Å². The molecule has 6 heteroatoms. The quantitative estimate of drug-likeness (QED) is 0.648. The van der Waals surface area contributed by atoms with E-state index in [1.807, 2.05) is 0 Å². The van der Waals surface area contributed by atoms with E-state index in [-0.39, 0.29) is 10.7 Å². The fourth-order valence-corrected chi connectivity index (χ4v) is 5.92. The zero-order valence-corrected chi connectivity index (χ0v) is 9.01. The van der Waals surface area contributed by atoms with E-state index in [0.29, 0.717) is 6.42 Å². The van der Waals surface area contributed by atoms with Crippen LogP contribution in [0, 0.1) is 0 Å². The molecule has 1 aliphatic heterocycles. The Bertz CT molecular complexity index is 508. The van der Waals surface area contributed by atoms with Crippen molar-refractivity contribution in [1.29, 1.82) is 0 Å². The largest absolute Gasteiger partial charge is 0.227 e. The number of allylic oxidation sites excluding steroid dienone is 2. The summed E-state index contributed by atoms with van der Waals surface area (Å²) in [6.07, 6.45) is 5.45. The zero-order valence-electron chi connectivity index (χ0n) is 7.38. The minimum atomic E-state index is -3.62. The van der Waals surface area contributed by atoms with Gasteiger partial charge in [-0.15, -0.1) is 0 Å². The highest BCUT2D eigenvalue weighted by atomic mass is 32.3. The smallest absolute Gasteiger partial charge is 0.195 e. The van der Waals surface area contributed by atoms with Crippen molar-refractivity contribution in [2.75, 3.05) is 5.75 Å². The summed E-state index contributed by atoms with van der Waals surface area (Å²) in [7, 11) is -7.13. The van der Waals surface area contributed by atoms with Crippen LogP contribution in [0.1, 0.15) is 12.8 Å². The van der Waals surface area contributed by atoms with Gasteiger partial charge in [0.25, 0.3) is 0 Å². The molecular weight excluding hydrogens is 224 g/mol. The fraction of sp³-hybridized carbons (Fsp3) is 0.500. The topological polar surface area (TPSA) is 68.3 Å². The van der Waals surface area contributed by atoms with Gasteiger partial charge in [-0.2, -0.15) is 0 Å². The SMILES string of the molecule is O=S1(=O)CC=CC1S(=O)(=O)C1=CCC1. The van der Waals surface area contributed by atoms with Crippen LogP contribution >= 0.6 is 0 Å². The molecule has 1 aliphatic carbocycles. The fourth-order valence-electron chi connectivity index (χ4n) is 1.48. The van der Waals surface area contributed by atoms with Crippen LogP contribution in [0.4, 0.5) is 0 Å². The van der Waals surface area contributed by atoms with Crippen molar-refractivity contribution in [3.63, 3.8) is 0 Å². The number of sulfone groups is 2. The molecule has 14 heavy (non-hydrogen) atoms. The van der Waals surface area contributed by atoms with Crippen LogP contribution in [-0.4, -0.2) is 27.2 Å². The van der Waals surface area contributed by atoms with Gasteiger partial charge in [-0.3, -0.25) is 0 Å². The van der Waals surface area contributed by atoms with Crippen LogP contribution in [0.5, 0.6) is 0 Å². The molecule has 0 aromatic heterocycles. The molecule has 0 radical (unpaired) electrons. The lowest BCUT2D eigenvalue weighted by molar-refractivity contribution is 0.586. The van der Waals surface area contributed by atoms with Crippen molar-refractivity contribution < 1.29 is 16.8 Å². The summed E-state index contributed by atoms with van der Waals surface area (Å²) in [5, 5.41) is 0. The average Bonchev–Trinajstić information content (AvgIpc) is 2.24. The molecule has 0 aromatic carbocycles. The predicted molar refractivity (Wildman–Crippen MR) is 53.0 cm³/mol.